The fourth-order valence-corrected chi connectivity index (χ4v) is 8.25. The molecule has 0 spiro atoms. The van der Waals surface area contributed by atoms with Crippen molar-refractivity contribution in [1.82, 2.24) is 14.5 Å². The van der Waals surface area contributed by atoms with E-state index in [1.165, 1.54) is 69.7 Å². The van der Waals surface area contributed by atoms with Gasteiger partial charge in [-0.15, -0.1) is 0 Å². The van der Waals surface area contributed by atoms with Crippen molar-refractivity contribution in [2.45, 2.75) is 94.8 Å². The molecule has 4 unspecified atom stereocenters. The van der Waals surface area contributed by atoms with Crippen molar-refractivity contribution in [3.8, 4) is 0 Å². The van der Waals surface area contributed by atoms with Crippen LogP contribution in [0.15, 0.2) is 34.1 Å². The van der Waals surface area contributed by atoms with Crippen molar-refractivity contribution in [2.75, 3.05) is 18.5 Å². The van der Waals surface area contributed by atoms with E-state index in [4.69, 9.17) is 5.11 Å². The van der Waals surface area contributed by atoms with Crippen LogP contribution in [0.25, 0.3) is 11.0 Å². The number of hydrogen-bond donors (Lipinski definition) is 1. The number of carbonyl (C=O) groups is 2. The molecular weight excluding hydrogens is 494 g/mol. The number of piperidine rings is 2. The average molecular weight is 534 g/mol. The first-order valence-electron chi connectivity index (χ1n) is 14.7. The molecule has 5 atom stereocenters. The van der Waals surface area contributed by atoms with Crippen LogP contribution in [0.5, 0.6) is 0 Å². The van der Waals surface area contributed by atoms with Crippen molar-refractivity contribution in [3.05, 3.63) is 34.6 Å². The number of hydrogen-bond acceptors (Lipinski definition) is 6. The summed E-state index contributed by atoms with van der Waals surface area (Å²) in [7, 11) is 1.50. The van der Waals surface area contributed by atoms with Crippen LogP contribution in [0.1, 0.15) is 76.7 Å². The van der Waals surface area contributed by atoms with Crippen molar-refractivity contribution in [2.24, 2.45) is 16.8 Å². The van der Waals surface area contributed by atoms with E-state index in [1.54, 1.807) is 0 Å². The number of benzene rings is 1. The Morgan fingerprint density at radius 3 is 2.33 bits per heavy atom. The van der Waals surface area contributed by atoms with E-state index >= 15 is 0 Å². The number of carboxylic acid groups (broad SMARTS) is 1. The molecule has 2 saturated carbocycles. The number of aromatic nitrogens is 2. The van der Waals surface area contributed by atoms with Crippen molar-refractivity contribution in [3.63, 3.8) is 0 Å². The number of fused-ring (bicyclic) bond motifs is 5. The Morgan fingerprint density at radius 1 is 0.974 bits per heavy atom. The zero-order valence-electron chi connectivity index (χ0n) is 22.7. The molecule has 208 valence electrons. The minimum absolute atomic E-state index is 0.0444. The molecule has 9 nitrogen and oxygen atoms in total. The minimum atomic E-state index is -1.12. The topological polar surface area (TPSA) is 108 Å². The van der Waals surface area contributed by atoms with Gasteiger partial charge in [0.1, 0.15) is 6.54 Å². The fourth-order valence-electron chi connectivity index (χ4n) is 8.25. The lowest BCUT2D eigenvalue weighted by Gasteiger charge is -2.55. The molecule has 1 amide bonds. The SMILES string of the molecule is CN(C(=O)C=NCC(=O)O)c1nc2ccccc2n(C2CC3CCC[C@H](C2)N3C2CC3CCCC(C3)C2)c1=O. The zero-order valence-corrected chi connectivity index (χ0v) is 22.7. The Bertz CT molecular complexity index is 1310. The summed E-state index contributed by atoms with van der Waals surface area (Å²) in [5.74, 6) is 0.136. The van der Waals surface area contributed by atoms with Gasteiger partial charge in [-0.1, -0.05) is 37.8 Å². The maximum atomic E-state index is 14.0. The maximum Gasteiger partial charge on any atom is 0.325 e. The van der Waals surface area contributed by atoms with Gasteiger partial charge < -0.3 is 9.67 Å². The van der Waals surface area contributed by atoms with Gasteiger partial charge in [0.15, 0.2) is 0 Å². The summed E-state index contributed by atoms with van der Waals surface area (Å²) in [6.07, 6.45) is 14.8. The Balaban J connectivity index is 1.31. The lowest BCUT2D eigenvalue weighted by Crippen LogP contribution is -2.58. The van der Waals surface area contributed by atoms with Crippen LogP contribution in [-0.2, 0) is 9.59 Å². The second-order valence-electron chi connectivity index (χ2n) is 12.2. The van der Waals surface area contributed by atoms with E-state index in [9.17, 15) is 14.4 Å². The van der Waals surface area contributed by atoms with Crippen LogP contribution in [0.3, 0.4) is 0 Å². The molecule has 1 aromatic carbocycles. The van der Waals surface area contributed by atoms with Gasteiger partial charge in [0.25, 0.3) is 11.5 Å². The number of nitrogens with zero attached hydrogens (tertiary/aromatic N) is 5. The monoisotopic (exact) mass is 533 g/mol. The summed E-state index contributed by atoms with van der Waals surface area (Å²) < 4.78 is 1.90. The molecule has 2 aliphatic carbocycles. The molecule has 2 aromatic rings. The third kappa shape index (κ3) is 5.13. The molecule has 2 saturated heterocycles. The van der Waals surface area contributed by atoms with Gasteiger partial charge in [-0.25, -0.2) is 4.98 Å². The fraction of sp³-hybridized carbons (Fsp3) is 0.633. The largest absolute Gasteiger partial charge is 0.480 e. The van der Waals surface area contributed by atoms with E-state index in [1.807, 2.05) is 28.8 Å². The first-order valence-corrected chi connectivity index (χ1v) is 14.7. The van der Waals surface area contributed by atoms with Crippen LogP contribution in [0.4, 0.5) is 5.82 Å². The summed E-state index contributed by atoms with van der Waals surface area (Å²) in [4.78, 5) is 49.9. The van der Waals surface area contributed by atoms with E-state index in [0.717, 1.165) is 36.4 Å². The lowest BCUT2D eigenvalue weighted by molar-refractivity contribution is -0.135. The van der Waals surface area contributed by atoms with Crippen LogP contribution in [-0.4, -0.2) is 69.4 Å². The minimum Gasteiger partial charge on any atom is -0.480 e. The zero-order chi connectivity index (χ0) is 27.1. The summed E-state index contributed by atoms with van der Waals surface area (Å²) in [6.45, 7) is -0.501. The Labute approximate surface area is 228 Å². The molecule has 4 fully saturated rings. The number of rotatable bonds is 6. The van der Waals surface area contributed by atoms with E-state index < -0.39 is 18.4 Å². The second kappa shape index (κ2) is 10.8. The smallest absolute Gasteiger partial charge is 0.325 e. The van der Waals surface area contributed by atoms with Gasteiger partial charge in [-0.3, -0.25) is 29.2 Å². The third-order valence-electron chi connectivity index (χ3n) is 9.75. The molecule has 6 rings (SSSR count). The first kappa shape index (κ1) is 26.2. The van der Waals surface area contributed by atoms with Crippen molar-refractivity contribution in [1.29, 1.82) is 0 Å². The van der Waals surface area contributed by atoms with Gasteiger partial charge in [-0.2, -0.15) is 0 Å². The molecule has 1 aromatic heterocycles. The number of anilines is 1. The predicted octanol–water partition coefficient (Wildman–Crippen LogP) is 4.04. The molecule has 9 heteroatoms. The molecule has 39 heavy (non-hydrogen) atoms. The molecule has 1 N–H and O–H groups in total. The first-order chi connectivity index (χ1) is 18.9. The van der Waals surface area contributed by atoms with Crippen LogP contribution >= 0.6 is 0 Å². The highest BCUT2D eigenvalue weighted by molar-refractivity contribution is 6.32. The lowest BCUT2D eigenvalue weighted by atomic mass is 9.68. The standard InChI is InChI=1S/C30H39N5O4/c1-33(27(36)17-31-18-28(37)38)29-30(39)35(26-11-3-2-10-25(26)32-29)24-15-21-8-5-9-22(16-24)34(21)23-13-19-6-4-7-20(12-19)14-23/h2-3,10-11,17,19-24H,4-9,12-16,18H2,1H3,(H,37,38)/t19?,20?,21-,22?,23?,24?/m1/s1. The summed E-state index contributed by atoms with van der Waals surface area (Å²) >= 11 is 0. The molecule has 4 aliphatic rings. The summed E-state index contributed by atoms with van der Waals surface area (Å²) in [5.41, 5.74) is 1.19. The van der Waals surface area contributed by atoms with Crippen LogP contribution in [0.2, 0.25) is 0 Å². The van der Waals surface area contributed by atoms with Gasteiger partial charge in [0, 0.05) is 31.2 Å². The Morgan fingerprint density at radius 2 is 1.64 bits per heavy atom. The maximum absolute atomic E-state index is 14.0. The van der Waals surface area contributed by atoms with Gasteiger partial charge in [0.2, 0.25) is 5.82 Å². The summed E-state index contributed by atoms with van der Waals surface area (Å²) in [6, 6.07) is 9.34. The van der Waals surface area contributed by atoms with Crippen molar-refractivity contribution >= 4 is 34.9 Å². The number of carboxylic acids is 1. The van der Waals surface area contributed by atoms with Crippen LogP contribution in [0, 0.1) is 11.8 Å². The highest BCUT2D eigenvalue weighted by Gasteiger charge is 2.45. The van der Waals surface area contributed by atoms with E-state index in [2.05, 4.69) is 14.9 Å². The average Bonchev–Trinajstić information content (AvgIpc) is 2.91. The number of amides is 1. The molecule has 0 radical (unpaired) electrons. The Kier molecular flexibility index (Phi) is 7.27. The number of carbonyl (C=O) groups excluding carboxylic acids is 1. The second-order valence-corrected chi connectivity index (χ2v) is 12.2. The van der Waals surface area contributed by atoms with Crippen LogP contribution < -0.4 is 10.5 Å². The van der Waals surface area contributed by atoms with E-state index in [-0.39, 0.29) is 17.4 Å². The molecule has 4 bridgehead atoms. The highest BCUT2D eigenvalue weighted by Crippen LogP contribution is 2.47. The van der Waals surface area contributed by atoms with Gasteiger partial charge in [0.05, 0.1) is 17.2 Å². The van der Waals surface area contributed by atoms with E-state index in [0.29, 0.717) is 23.6 Å². The number of aliphatic imine (C=N–C) groups is 1. The van der Waals surface area contributed by atoms with Crippen molar-refractivity contribution < 1.29 is 14.7 Å². The van der Waals surface area contributed by atoms with Gasteiger partial charge in [-0.05, 0) is 68.9 Å². The highest BCUT2D eigenvalue weighted by atomic mass is 16.4. The quantitative estimate of drug-likeness (QED) is 0.562. The normalized spacial score (nSPS) is 30.9. The Hall–Kier alpha value is -3.07. The summed E-state index contributed by atoms with van der Waals surface area (Å²) in [5, 5.41) is 8.83. The molecular formula is C30H39N5O4. The number of para-hydroxylation sites is 2. The van der Waals surface area contributed by atoms with Gasteiger partial charge >= 0.3 is 5.97 Å². The predicted molar refractivity (Wildman–Crippen MR) is 150 cm³/mol. The number of aliphatic carboxylic acids is 1. The third-order valence-corrected chi connectivity index (χ3v) is 9.75. The molecule has 2 aliphatic heterocycles. The molecule has 3 heterocycles.